The van der Waals surface area contributed by atoms with Crippen molar-refractivity contribution in [3.8, 4) is 0 Å². The Bertz CT molecular complexity index is 184. The van der Waals surface area contributed by atoms with Crippen LogP contribution in [0, 0.1) is 0 Å². The minimum atomic E-state index is 0.598. The molecule has 0 aliphatic heterocycles. The number of aromatic nitrogens is 2. The van der Waals surface area contributed by atoms with Gasteiger partial charge < -0.3 is 5.73 Å². The Morgan fingerprint density at radius 3 is 3.00 bits per heavy atom. The molecular weight excluding hydrogens is 138 g/mol. The highest BCUT2D eigenvalue weighted by atomic mass is 35.5. The topological polar surface area (TPSA) is 54.7 Å². The number of aromatic amines is 1. The van der Waals surface area contributed by atoms with Gasteiger partial charge in [-0.1, -0.05) is 11.6 Å². The third kappa shape index (κ3) is 1.43. The van der Waals surface area contributed by atoms with Crippen molar-refractivity contribution in [2.75, 3.05) is 6.54 Å². The molecule has 0 aromatic carbocycles. The second kappa shape index (κ2) is 2.85. The lowest BCUT2D eigenvalue weighted by atomic mass is 10.3. The first-order valence-electron chi connectivity index (χ1n) is 2.72. The van der Waals surface area contributed by atoms with Crippen LogP contribution in [0.1, 0.15) is 5.56 Å². The van der Waals surface area contributed by atoms with E-state index in [1.54, 1.807) is 6.20 Å². The highest BCUT2D eigenvalue weighted by Crippen LogP contribution is 2.09. The normalized spacial score (nSPS) is 10.0. The quantitative estimate of drug-likeness (QED) is 0.639. The maximum absolute atomic E-state index is 5.64. The molecule has 1 aromatic heterocycles. The van der Waals surface area contributed by atoms with E-state index in [0.29, 0.717) is 11.7 Å². The maximum atomic E-state index is 5.64. The van der Waals surface area contributed by atoms with Crippen LogP contribution in [0.2, 0.25) is 5.15 Å². The van der Waals surface area contributed by atoms with Crippen LogP contribution in [-0.2, 0) is 6.42 Å². The average Bonchev–Trinajstić information content (AvgIpc) is 2.18. The van der Waals surface area contributed by atoms with Crippen LogP contribution in [0.5, 0.6) is 0 Å². The molecule has 0 bridgehead atoms. The van der Waals surface area contributed by atoms with Crippen molar-refractivity contribution in [3.63, 3.8) is 0 Å². The zero-order chi connectivity index (χ0) is 6.69. The highest BCUT2D eigenvalue weighted by Gasteiger charge is 1.98. The summed E-state index contributed by atoms with van der Waals surface area (Å²) in [5, 5.41) is 6.94. The van der Waals surface area contributed by atoms with Crippen molar-refractivity contribution in [1.82, 2.24) is 10.2 Å². The third-order valence-electron chi connectivity index (χ3n) is 1.08. The molecule has 0 unspecified atom stereocenters. The Morgan fingerprint density at radius 1 is 1.78 bits per heavy atom. The van der Waals surface area contributed by atoms with Crippen LogP contribution < -0.4 is 5.73 Å². The Balaban J connectivity index is 2.69. The molecule has 1 rings (SSSR count). The lowest BCUT2D eigenvalue weighted by Gasteiger charge is -1.89. The van der Waals surface area contributed by atoms with Crippen LogP contribution >= 0.6 is 11.6 Å². The largest absolute Gasteiger partial charge is 0.330 e. The monoisotopic (exact) mass is 145 g/mol. The van der Waals surface area contributed by atoms with Crippen molar-refractivity contribution in [1.29, 1.82) is 0 Å². The van der Waals surface area contributed by atoms with Gasteiger partial charge in [-0.25, -0.2) is 0 Å². The molecule has 0 spiro atoms. The third-order valence-corrected chi connectivity index (χ3v) is 1.41. The molecule has 0 fully saturated rings. The van der Waals surface area contributed by atoms with Crippen LogP contribution in [0.3, 0.4) is 0 Å². The smallest absolute Gasteiger partial charge is 0.127 e. The number of nitrogens with zero attached hydrogens (tertiary/aromatic N) is 1. The molecular formula is C5H8ClN3. The van der Waals surface area contributed by atoms with Crippen LogP contribution in [0.4, 0.5) is 0 Å². The predicted molar refractivity (Wildman–Crippen MR) is 36.4 cm³/mol. The van der Waals surface area contributed by atoms with Gasteiger partial charge in [0, 0.05) is 5.56 Å². The second-order valence-corrected chi connectivity index (χ2v) is 2.13. The molecule has 50 valence electrons. The molecule has 0 atom stereocenters. The Kier molecular flexibility index (Phi) is 2.08. The summed E-state index contributed by atoms with van der Waals surface area (Å²) >= 11 is 5.64. The van der Waals surface area contributed by atoms with E-state index in [1.807, 2.05) is 0 Å². The van der Waals surface area contributed by atoms with E-state index in [0.717, 1.165) is 12.0 Å². The summed E-state index contributed by atoms with van der Waals surface area (Å²) in [7, 11) is 0. The van der Waals surface area contributed by atoms with E-state index in [1.165, 1.54) is 0 Å². The van der Waals surface area contributed by atoms with Crippen molar-refractivity contribution >= 4 is 11.6 Å². The van der Waals surface area contributed by atoms with Crippen LogP contribution in [0.25, 0.3) is 0 Å². The Hall–Kier alpha value is -0.540. The lowest BCUT2D eigenvalue weighted by molar-refractivity contribution is 0.970. The molecule has 1 aromatic rings. The predicted octanol–water partition coefficient (Wildman–Crippen LogP) is 0.564. The molecule has 0 saturated carbocycles. The molecule has 4 heteroatoms. The summed E-state index contributed by atoms with van der Waals surface area (Å²) in [6.45, 7) is 0.610. The van der Waals surface area contributed by atoms with Crippen molar-refractivity contribution < 1.29 is 0 Å². The van der Waals surface area contributed by atoms with E-state index in [4.69, 9.17) is 17.3 Å². The second-order valence-electron chi connectivity index (χ2n) is 1.75. The zero-order valence-corrected chi connectivity index (χ0v) is 5.65. The van der Waals surface area contributed by atoms with Gasteiger partial charge in [0.1, 0.15) is 5.15 Å². The molecule has 0 amide bonds. The van der Waals surface area contributed by atoms with Crippen molar-refractivity contribution in [3.05, 3.63) is 16.9 Å². The van der Waals surface area contributed by atoms with Crippen molar-refractivity contribution in [2.45, 2.75) is 6.42 Å². The molecule has 3 nitrogen and oxygen atoms in total. The fraction of sp³-hybridized carbons (Fsp3) is 0.400. The summed E-state index contributed by atoms with van der Waals surface area (Å²) in [5.41, 5.74) is 6.27. The summed E-state index contributed by atoms with van der Waals surface area (Å²) < 4.78 is 0. The van der Waals surface area contributed by atoms with E-state index in [2.05, 4.69) is 10.2 Å². The number of H-pyrrole nitrogens is 1. The molecule has 0 aliphatic rings. The van der Waals surface area contributed by atoms with Gasteiger partial charge in [0.05, 0.1) is 6.20 Å². The number of nitrogens with two attached hydrogens (primary N) is 1. The van der Waals surface area contributed by atoms with E-state index in [-0.39, 0.29) is 0 Å². The van der Waals surface area contributed by atoms with Gasteiger partial charge in [-0.3, -0.25) is 5.10 Å². The number of hydrogen-bond acceptors (Lipinski definition) is 2. The zero-order valence-electron chi connectivity index (χ0n) is 4.89. The number of nitrogens with one attached hydrogen (secondary N) is 1. The van der Waals surface area contributed by atoms with Gasteiger partial charge in [-0.15, -0.1) is 0 Å². The Morgan fingerprint density at radius 2 is 2.56 bits per heavy atom. The fourth-order valence-electron chi connectivity index (χ4n) is 0.625. The molecule has 1 heterocycles. The minimum Gasteiger partial charge on any atom is -0.330 e. The number of hydrogen-bond donors (Lipinski definition) is 2. The van der Waals surface area contributed by atoms with Crippen LogP contribution in [-0.4, -0.2) is 16.7 Å². The van der Waals surface area contributed by atoms with Gasteiger partial charge in [0.2, 0.25) is 0 Å². The summed E-state index contributed by atoms with van der Waals surface area (Å²) in [5.74, 6) is 0. The van der Waals surface area contributed by atoms with Crippen molar-refractivity contribution in [2.24, 2.45) is 5.73 Å². The molecule has 0 radical (unpaired) electrons. The maximum Gasteiger partial charge on any atom is 0.127 e. The van der Waals surface area contributed by atoms with Gasteiger partial charge in [0.25, 0.3) is 0 Å². The fourth-order valence-corrected chi connectivity index (χ4v) is 0.817. The first-order valence-corrected chi connectivity index (χ1v) is 3.10. The molecule has 9 heavy (non-hydrogen) atoms. The van der Waals surface area contributed by atoms with Gasteiger partial charge in [0.15, 0.2) is 0 Å². The lowest BCUT2D eigenvalue weighted by Crippen LogP contribution is -2.01. The molecule has 0 saturated heterocycles. The average molecular weight is 146 g/mol. The van der Waals surface area contributed by atoms with E-state index >= 15 is 0 Å². The van der Waals surface area contributed by atoms with Gasteiger partial charge in [-0.05, 0) is 13.0 Å². The molecule has 3 N–H and O–H groups in total. The molecule has 0 aliphatic carbocycles. The van der Waals surface area contributed by atoms with E-state index < -0.39 is 0 Å². The van der Waals surface area contributed by atoms with Gasteiger partial charge in [-0.2, -0.15) is 5.10 Å². The standard InChI is InChI=1S/C5H8ClN3/c6-5-4(1-2-7)3-8-9-5/h3H,1-2,7H2,(H,8,9). The first kappa shape index (κ1) is 6.58. The SMILES string of the molecule is NCCc1cn[nH]c1Cl. The Labute approximate surface area is 58.2 Å². The summed E-state index contributed by atoms with van der Waals surface area (Å²) in [4.78, 5) is 0. The summed E-state index contributed by atoms with van der Waals surface area (Å²) in [6.07, 6.45) is 2.48. The first-order chi connectivity index (χ1) is 4.34. The number of rotatable bonds is 2. The highest BCUT2D eigenvalue weighted by molar-refractivity contribution is 6.30. The number of halogens is 1. The van der Waals surface area contributed by atoms with E-state index in [9.17, 15) is 0 Å². The van der Waals surface area contributed by atoms with Crippen LogP contribution in [0.15, 0.2) is 6.20 Å². The summed E-state index contributed by atoms with van der Waals surface area (Å²) in [6, 6.07) is 0. The minimum absolute atomic E-state index is 0.598. The van der Waals surface area contributed by atoms with Gasteiger partial charge >= 0.3 is 0 Å².